The van der Waals surface area contributed by atoms with Gasteiger partial charge in [0.1, 0.15) is 15.7 Å². The van der Waals surface area contributed by atoms with Crippen molar-refractivity contribution >= 4 is 57.6 Å². The van der Waals surface area contributed by atoms with Crippen LogP contribution < -0.4 is 21.3 Å². The molecule has 5 rings (SSSR count). The molecule has 39 heavy (non-hydrogen) atoms. The van der Waals surface area contributed by atoms with Crippen molar-refractivity contribution in [1.82, 2.24) is 9.88 Å². The van der Waals surface area contributed by atoms with Gasteiger partial charge in [-0.2, -0.15) is 0 Å². The smallest absolute Gasteiger partial charge is 0.262 e. The number of primary amides is 1. The number of benzene rings is 3. The second-order valence-electron chi connectivity index (χ2n) is 9.19. The Morgan fingerprint density at radius 2 is 1.74 bits per heavy atom. The number of amides is 2. The molecule has 1 aliphatic rings. The third-order valence-electron chi connectivity index (χ3n) is 6.40. The van der Waals surface area contributed by atoms with E-state index in [1.54, 1.807) is 18.2 Å². The standard InChI is InChI=1S/C28H26ClFN6O2S/c1-35-11-13-36(14-12-35)21-8-6-19(7-9-21)32-26-24(25(31)37)39-28(34-26)18-3-2-4-20(15-18)33-27(38)17-5-10-23(30)22(29)16-17/h2-10,15-16,32H,11-14H2,1H3,(H2,31,37)(H,33,38). The molecule has 8 nitrogen and oxygen atoms in total. The maximum absolute atomic E-state index is 13.5. The molecule has 0 saturated carbocycles. The van der Waals surface area contributed by atoms with Crippen molar-refractivity contribution in [3.05, 3.63) is 88.0 Å². The molecule has 2 heterocycles. The Balaban J connectivity index is 1.33. The van der Waals surface area contributed by atoms with Gasteiger partial charge in [0.15, 0.2) is 5.82 Å². The number of thiazole rings is 1. The Morgan fingerprint density at radius 1 is 1.00 bits per heavy atom. The zero-order valence-corrected chi connectivity index (χ0v) is 22.7. The molecule has 4 N–H and O–H groups in total. The second kappa shape index (κ2) is 11.4. The van der Waals surface area contributed by atoms with E-state index in [-0.39, 0.29) is 10.6 Å². The fourth-order valence-corrected chi connectivity index (χ4v) is 5.27. The largest absolute Gasteiger partial charge is 0.369 e. The van der Waals surface area contributed by atoms with Crippen molar-refractivity contribution < 1.29 is 14.0 Å². The molecule has 0 bridgehead atoms. The molecular weight excluding hydrogens is 539 g/mol. The number of aromatic nitrogens is 1. The van der Waals surface area contributed by atoms with Gasteiger partial charge in [-0.05, 0) is 61.6 Å². The Labute approximate surface area is 234 Å². The first-order valence-corrected chi connectivity index (χ1v) is 13.4. The summed E-state index contributed by atoms with van der Waals surface area (Å²) in [5.41, 5.74) is 9.01. The molecule has 1 aromatic heterocycles. The third kappa shape index (κ3) is 6.19. The molecule has 0 unspecified atom stereocenters. The number of carbonyl (C=O) groups excluding carboxylic acids is 2. The zero-order valence-electron chi connectivity index (χ0n) is 21.1. The number of halogens is 2. The van der Waals surface area contributed by atoms with Gasteiger partial charge in [-0.3, -0.25) is 9.59 Å². The van der Waals surface area contributed by atoms with E-state index in [4.69, 9.17) is 17.3 Å². The molecule has 2 amide bonds. The minimum Gasteiger partial charge on any atom is -0.369 e. The van der Waals surface area contributed by atoms with Crippen LogP contribution in [0.25, 0.3) is 10.6 Å². The van der Waals surface area contributed by atoms with E-state index >= 15 is 0 Å². The summed E-state index contributed by atoms with van der Waals surface area (Å²) in [6.45, 7) is 3.99. The molecule has 0 aliphatic carbocycles. The van der Waals surface area contributed by atoms with Crippen LogP contribution in [0.3, 0.4) is 0 Å². The van der Waals surface area contributed by atoms with Crippen molar-refractivity contribution in [2.45, 2.75) is 0 Å². The lowest BCUT2D eigenvalue weighted by molar-refractivity contribution is 0.100. The normalized spacial score (nSPS) is 13.8. The van der Waals surface area contributed by atoms with Crippen LogP contribution in [0.2, 0.25) is 5.02 Å². The number of rotatable bonds is 7. The summed E-state index contributed by atoms with van der Waals surface area (Å²) in [6, 6.07) is 18.8. The summed E-state index contributed by atoms with van der Waals surface area (Å²) < 4.78 is 13.5. The number of nitrogens with zero attached hydrogens (tertiary/aromatic N) is 3. The summed E-state index contributed by atoms with van der Waals surface area (Å²) in [6.07, 6.45) is 0. The van der Waals surface area contributed by atoms with E-state index in [1.807, 2.05) is 30.3 Å². The first-order valence-electron chi connectivity index (χ1n) is 12.2. The number of anilines is 4. The quantitative estimate of drug-likeness (QED) is 0.276. The number of piperazine rings is 1. The van der Waals surface area contributed by atoms with E-state index in [2.05, 4.69) is 32.5 Å². The number of likely N-dealkylation sites (N-methyl/N-ethyl adjacent to an activating group) is 1. The molecule has 1 fully saturated rings. The molecule has 4 aromatic rings. The minimum absolute atomic E-state index is 0.132. The highest BCUT2D eigenvalue weighted by atomic mass is 35.5. The second-order valence-corrected chi connectivity index (χ2v) is 10.6. The molecule has 1 aliphatic heterocycles. The first kappa shape index (κ1) is 26.6. The number of hydrogen-bond donors (Lipinski definition) is 3. The van der Waals surface area contributed by atoms with Crippen LogP contribution in [0.1, 0.15) is 20.0 Å². The van der Waals surface area contributed by atoms with Crippen molar-refractivity contribution in [3.63, 3.8) is 0 Å². The summed E-state index contributed by atoms with van der Waals surface area (Å²) in [5.74, 6) is -1.26. The molecule has 0 radical (unpaired) electrons. The van der Waals surface area contributed by atoms with E-state index in [0.717, 1.165) is 55.0 Å². The monoisotopic (exact) mass is 564 g/mol. The summed E-state index contributed by atoms with van der Waals surface area (Å²) in [4.78, 5) is 34.4. The SMILES string of the molecule is CN1CCN(c2ccc(Nc3nc(-c4cccc(NC(=O)c5ccc(F)c(Cl)c5)c4)sc3C(N)=O)cc2)CC1. The molecule has 200 valence electrons. The zero-order chi connectivity index (χ0) is 27.5. The van der Waals surface area contributed by atoms with Gasteiger partial charge in [0.2, 0.25) is 0 Å². The number of carbonyl (C=O) groups is 2. The predicted molar refractivity (Wildman–Crippen MR) is 155 cm³/mol. The maximum Gasteiger partial charge on any atom is 0.262 e. The van der Waals surface area contributed by atoms with Crippen LogP contribution in [0, 0.1) is 5.82 Å². The van der Waals surface area contributed by atoms with Gasteiger partial charge in [0.05, 0.1) is 5.02 Å². The van der Waals surface area contributed by atoms with Crippen LogP contribution in [-0.4, -0.2) is 54.9 Å². The van der Waals surface area contributed by atoms with E-state index in [0.29, 0.717) is 27.0 Å². The fourth-order valence-electron chi connectivity index (χ4n) is 4.22. The van der Waals surface area contributed by atoms with Crippen molar-refractivity contribution in [2.75, 3.05) is 48.8 Å². The van der Waals surface area contributed by atoms with E-state index < -0.39 is 17.6 Å². The van der Waals surface area contributed by atoms with Gasteiger partial charge in [0.25, 0.3) is 11.8 Å². The van der Waals surface area contributed by atoms with E-state index in [9.17, 15) is 14.0 Å². The molecule has 0 atom stereocenters. The highest BCUT2D eigenvalue weighted by Crippen LogP contribution is 2.34. The topological polar surface area (TPSA) is 104 Å². The highest BCUT2D eigenvalue weighted by Gasteiger charge is 2.19. The molecule has 1 saturated heterocycles. The minimum atomic E-state index is -0.598. The van der Waals surface area contributed by atoms with Crippen LogP contribution in [0.4, 0.5) is 27.3 Å². The van der Waals surface area contributed by atoms with Crippen LogP contribution >= 0.6 is 22.9 Å². The van der Waals surface area contributed by atoms with Crippen molar-refractivity contribution in [2.24, 2.45) is 5.73 Å². The van der Waals surface area contributed by atoms with Gasteiger partial charge < -0.3 is 26.2 Å². The van der Waals surface area contributed by atoms with Crippen LogP contribution in [-0.2, 0) is 0 Å². The van der Waals surface area contributed by atoms with Crippen LogP contribution in [0.5, 0.6) is 0 Å². The van der Waals surface area contributed by atoms with Crippen molar-refractivity contribution in [3.8, 4) is 10.6 Å². The van der Waals surface area contributed by atoms with Crippen molar-refractivity contribution in [1.29, 1.82) is 0 Å². The van der Waals surface area contributed by atoms with Crippen LogP contribution in [0.15, 0.2) is 66.7 Å². The van der Waals surface area contributed by atoms with Gasteiger partial charge in [0, 0.05) is 54.4 Å². The summed E-state index contributed by atoms with van der Waals surface area (Å²) in [7, 11) is 2.12. The van der Waals surface area contributed by atoms with Gasteiger partial charge in [-0.15, -0.1) is 11.3 Å². The van der Waals surface area contributed by atoms with Gasteiger partial charge >= 0.3 is 0 Å². The Kier molecular flexibility index (Phi) is 7.78. The summed E-state index contributed by atoms with van der Waals surface area (Å²) in [5, 5.41) is 6.42. The fraction of sp³-hybridized carbons (Fsp3) is 0.179. The van der Waals surface area contributed by atoms with Gasteiger partial charge in [-0.1, -0.05) is 23.7 Å². The Bertz CT molecular complexity index is 1520. The third-order valence-corrected chi connectivity index (χ3v) is 7.81. The molecule has 11 heteroatoms. The Morgan fingerprint density at radius 3 is 2.44 bits per heavy atom. The molecular formula is C28H26ClFN6O2S. The average Bonchev–Trinajstić information content (AvgIpc) is 3.35. The molecule has 0 spiro atoms. The number of nitrogens with two attached hydrogens (primary N) is 1. The first-order chi connectivity index (χ1) is 18.8. The average molecular weight is 565 g/mol. The number of hydrogen-bond acceptors (Lipinski definition) is 7. The lowest BCUT2D eigenvalue weighted by Crippen LogP contribution is -2.44. The number of nitrogens with one attached hydrogen (secondary N) is 2. The lowest BCUT2D eigenvalue weighted by atomic mass is 10.1. The predicted octanol–water partition coefficient (Wildman–Crippen LogP) is 5.45. The maximum atomic E-state index is 13.5. The van der Waals surface area contributed by atoms with E-state index in [1.165, 1.54) is 12.1 Å². The lowest BCUT2D eigenvalue weighted by Gasteiger charge is -2.34. The highest BCUT2D eigenvalue weighted by molar-refractivity contribution is 7.17. The van der Waals surface area contributed by atoms with Gasteiger partial charge in [-0.25, -0.2) is 9.37 Å². The molecule has 3 aromatic carbocycles. The Hall–Kier alpha value is -3.99. The summed E-state index contributed by atoms with van der Waals surface area (Å²) >= 11 is 6.97.